The summed E-state index contributed by atoms with van der Waals surface area (Å²) < 4.78 is 32.9. The molecule has 0 spiro atoms. The Hall–Kier alpha value is -1.93. The van der Waals surface area contributed by atoms with Gasteiger partial charge in [-0.3, -0.25) is 9.59 Å². The lowest BCUT2D eigenvalue weighted by atomic mass is 10.0. The molecule has 0 radical (unpaired) electrons. The van der Waals surface area contributed by atoms with E-state index in [1.807, 2.05) is 19.9 Å². The van der Waals surface area contributed by atoms with Gasteiger partial charge in [0.25, 0.3) is 5.91 Å². The van der Waals surface area contributed by atoms with Crippen LogP contribution < -0.4 is 10.0 Å². The van der Waals surface area contributed by atoms with Gasteiger partial charge in [-0.1, -0.05) is 6.07 Å². The molecule has 150 valence electrons. The highest BCUT2D eigenvalue weighted by atomic mass is 32.2. The molecule has 27 heavy (non-hydrogen) atoms. The maximum atomic E-state index is 12.7. The molecule has 1 aromatic rings. The summed E-state index contributed by atoms with van der Waals surface area (Å²) in [7, 11) is -3.75. The van der Waals surface area contributed by atoms with Gasteiger partial charge in [-0.25, -0.2) is 13.1 Å². The molecular formula is C19H28N2O5S. The fraction of sp³-hybridized carbons (Fsp3) is 0.579. The van der Waals surface area contributed by atoms with Crippen molar-refractivity contribution < 1.29 is 22.7 Å². The molecule has 1 amide bonds. The zero-order valence-electron chi connectivity index (χ0n) is 16.5. The smallest absolute Gasteiger partial charge is 0.307 e. The lowest BCUT2D eigenvalue weighted by Crippen LogP contribution is -2.37. The van der Waals surface area contributed by atoms with E-state index in [-0.39, 0.29) is 29.8 Å². The molecule has 1 fully saturated rings. The van der Waals surface area contributed by atoms with Crippen LogP contribution >= 0.6 is 0 Å². The maximum absolute atomic E-state index is 12.7. The largest absolute Gasteiger partial charge is 0.453 e. The fourth-order valence-electron chi connectivity index (χ4n) is 2.80. The van der Waals surface area contributed by atoms with Gasteiger partial charge < -0.3 is 10.1 Å². The van der Waals surface area contributed by atoms with Crippen molar-refractivity contribution in [3.8, 4) is 0 Å². The van der Waals surface area contributed by atoms with Gasteiger partial charge in [0.05, 0.1) is 11.3 Å². The second kappa shape index (κ2) is 8.39. The van der Waals surface area contributed by atoms with Crippen LogP contribution in [0.1, 0.15) is 48.4 Å². The van der Waals surface area contributed by atoms with Gasteiger partial charge in [0.15, 0.2) is 6.10 Å². The molecule has 1 atom stereocenters. The molecule has 0 saturated heterocycles. The van der Waals surface area contributed by atoms with Gasteiger partial charge in [-0.05, 0) is 69.7 Å². The minimum Gasteiger partial charge on any atom is -0.453 e. The van der Waals surface area contributed by atoms with Gasteiger partial charge in [0.2, 0.25) is 10.0 Å². The maximum Gasteiger partial charge on any atom is 0.307 e. The van der Waals surface area contributed by atoms with E-state index >= 15 is 0 Å². The first-order valence-electron chi connectivity index (χ1n) is 9.10. The minimum atomic E-state index is -3.75. The number of rotatable bonds is 8. The Morgan fingerprint density at radius 2 is 1.70 bits per heavy atom. The van der Waals surface area contributed by atoms with Crippen molar-refractivity contribution in [2.45, 2.75) is 70.9 Å². The summed E-state index contributed by atoms with van der Waals surface area (Å²) in [6.45, 7) is 8.68. The van der Waals surface area contributed by atoms with Crippen LogP contribution in [-0.2, 0) is 24.3 Å². The van der Waals surface area contributed by atoms with E-state index in [1.165, 1.54) is 6.92 Å². The molecule has 0 bridgehead atoms. The third-order valence-corrected chi connectivity index (χ3v) is 6.52. The van der Waals surface area contributed by atoms with Crippen LogP contribution in [0.2, 0.25) is 0 Å². The molecule has 0 aliphatic heterocycles. The number of benzene rings is 1. The lowest BCUT2D eigenvalue weighted by molar-refractivity contribution is -0.154. The van der Waals surface area contributed by atoms with E-state index in [1.54, 1.807) is 13.8 Å². The average Bonchev–Trinajstić information content (AvgIpc) is 3.36. The number of hydrogen-bond donors (Lipinski definition) is 2. The summed E-state index contributed by atoms with van der Waals surface area (Å²) in [5.41, 5.74) is 3.18. The van der Waals surface area contributed by atoms with Crippen molar-refractivity contribution in [3.63, 3.8) is 0 Å². The summed E-state index contributed by atoms with van der Waals surface area (Å²) in [5.74, 6) is -0.946. The Morgan fingerprint density at radius 3 is 2.22 bits per heavy atom. The van der Waals surface area contributed by atoms with Gasteiger partial charge in [0.1, 0.15) is 0 Å². The van der Waals surface area contributed by atoms with Crippen LogP contribution in [0.15, 0.2) is 11.0 Å². The quantitative estimate of drug-likeness (QED) is 0.653. The monoisotopic (exact) mass is 396 g/mol. The Labute approximate surface area is 160 Å². The summed E-state index contributed by atoms with van der Waals surface area (Å²) in [5, 5.41) is 2.76. The molecule has 2 N–H and O–H groups in total. The van der Waals surface area contributed by atoms with E-state index in [4.69, 9.17) is 4.74 Å². The molecule has 1 saturated carbocycles. The van der Waals surface area contributed by atoms with Crippen molar-refractivity contribution in [2.24, 2.45) is 0 Å². The molecule has 0 unspecified atom stereocenters. The predicted octanol–water partition coefficient (Wildman–Crippen LogP) is 1.80. The SMILES string of the molecule is Cc1cc(C)c(C)c(S(=O)(=O)NCCC(=O)O[C@@H](C)C(=O)NC2CC2)c1C. The molecule has 1 aromatic carbocycles. The van der Waals surface area contributed by atoms with Crippen LogP contribution in [0.4, 0.5) is 0 Å². The lowest BCUT2D eigenvalue weighted by Gasteiger charge is -2.16. The number of hydrogen-bond acceptors (Lipinski definition) is 5. The van der Waals surface area contributed by atoms with Crippen LogP contribution in [0, 0.1) is 27.7 Å². The van der Waals surface area contributed by atoms with Crippen molar-refractivity contribution in [1.29, 1.82) is 0 Å². The molecule has 0 aromatic heterocycles. The van der Waals surface area contributed by atoms with E-state index < -0.39 is 22.1 Å². The van der Waals surface area contributed by atoms with Crippen LogP contribution in [0.5, 0.6) is 0 Å². The molecule has 8 heteroatoms. The highest BCUT2D eigenvalue weighted by molar-refractivity contribution is 7.89. The third-order valence-electron chi connectivity index (χ3n) is 4.79. The Morgan fingerprint density at radius 1 is 1.15 bits per heavy atom. The first-order valence-corrected chi connectivity index (χ1v) is 10.6. The molecular weight excluding hydrogens is 368 g/mol. The highest BCUT2D eigenvalue weighted by Crippen LogP contribution is 2.25. The highest BCUT2D eigenvalue weighted by Gasteiger charge is 2.27. The molecule has 7 nitrogen and oxygen atoms in total. The number of carbonyl (C=O) groups excluding carboxylic acids is 2. The normalized spacial score (nSPS) is 15.3. The third kappa shape index (κ3) is 5.52. The molecule has 1 aliphatic rings. The summed E-state index contributed by atoms with van der Waals surface area (Å²) >= 11 is 0. The van der Waals surface area contributed by atoms with E-state index in [2.05, 4.69) is 10.0 Å². The number of amides is 1. The van der Waals surface area contributed by atoms with E-state index in [0.717, 1.165) is 24.0 Å². The Kier molecular flexibility index (Phi) is 6.64. The van der Waals surface area contributed by atoms with E-state index in [0.29, 0.717) is 11.1 Å². The van der Waals surface area contributed by atoms with E-state index in [9.17, 15) is 18.0 Å². The second-order valence-electron chi connectivity index (χ2n) is 7.15. The number of esters is 1. The molecule has 0 heterocycles. The average molecular weight is 397 g/mol. The van der Waals surface area contributed by atoms with Crippen molar-refractivity contribution in [2.75, 3.05) is 6.54 Å². The van der Waals surface area contributed by atoms with Crippen molar-refractivity contribution in [1.82, 2.24) is 10.0 Å². The number of carbonyl (C=O) groups is 2. The van der Waals surface area contributed by atoms with Crippen LogP contribution in [-0.4, -0.2) is 39.0 Å². The standard InChI is InChI=1S/C19H28N2O5S/c1-11-10-12(2)14(4)18(13(11)3)27(24,25)20-9-8-17(22)26-15(5)19(23)21-16-6-7-16/h10,15-16,20H,6-9H2,1-5H3,(H,21,23)/t15-/m0/s1. The van der Waals surface area contributed by atoms with Gasteiger partial charge in [-0.15, -0.1) is 0 Å². The second-order valence-corrected chi connectivity index (χ2v) is 8.86. The predicted molar refractivity (Wildman–Crippen MR) is 102 cm³/mol. The number of nitrogens with one attached hydrogen (secondary N) is 2. The number of ether oxygens (including phenoxy) is 1. The number of sulfonamides is 1. The first kappa shape index (κ1) is 21.4. The van der Waals surface area contributed by atoms with Gasteiger partial charge in [0, 0.05) is 12.6 Å². The Bertz CT molecular complexity index is 818. The zero-order valence-corrected chi connectivity index (χ0v) is 17.3. The van der Waals surface area contributed by atoms with Crippen LogP contribution in [0.3, 0.4) is 0 Å². The number of aryl methyl sites for hydroxylation is 2. The van der Waals surface area contributed by atoms with Gasteiger partial charge >= 0.3 is 5.97 Å². The van der Waals surface area contributed by atoms with Crippen LogP contribution in [0.25, 0.3) is 0 Å². The summed E-state index contributed by atoms with van der Waals surface area (Å²) in [4.78, 5) is 23.9. The minimum absolute atomic E-state index is 0.0933. The Balaban J connectivity index is 1.92. The van der Waals surface area contributed by atoms with Crippen molar-refractivity contribution >= 4 is 21.9 Å². The molecule has 2 rings (SSSR count). The fourth-order valence-corrected chi connectivity index (χ4v) is 4.44. The first-order chi connectivity index (χ1) is 12.5. The summed E-state index contributed by atoms with van der Waals surface area (Å²) in [6.07, 6.45) is 0.860. The van der Waals surface area contributed by atoms with Crippen molar-refractivity contribution in [3.05, 3.63) is 28.3 Å². The topological polar surface area (TPSA) is 102 Å². The molecule has 1 aliphatic carbocycles. The summed E-state index contributed by atoms with van der Waals surface area (Å²) in [6, 6.07) is 2.14. The van der Waals surface area contributed by atoms with Gasteiger partial charge in [-0.2, -0.15) is 0 Å². The zero-order chi connectivity index (χ0) is 20.4.